The molecule has 7 nitrogen and oxygen atoms in total. The molecule has 5 rings (SSSR count). The van der Waals surface area contributed by atoms with E-state index in [0.29, 0.717) is 0 Å². The van der Waals surface area contributed by atoms with Crippen LogP contribution in [0.4, 0.5) is 9.52 Å². The summed E-state index contributed by atoms with van der Waals surface area (Å²) in [5.74, 6) is 0.0336. The Morgan fingerprint density at radius 2 is 1.85 bits per heavy atom. The highest BCUT2D eigenvalue weighted by Gasteiger charge is 2.26. The highest BCUT2D eigenvalue weighted by atomic mass is 32.1. The van der Waals surface area contributed by atoms with Crippen LogP contribution in [0.15, 0.2) is 30.5 Å². The summed E-state index contributed by atoms with van der Waals surface area (Å²) >= 11 is 1.55. The summed E-state index contributed by atoms with van der Waals surface area (Å²) in [6.45, 7) is 5.94. The summed E-state index contributed by atoms with van der Waals surface area (Å²) in [6.07, 6.45) is 8.59. The first-order chi connectivity index (χ1) is 16.2. The van der Waals surface area contributed by atoms with Crippen LogP contribution in [0.2, 0.25) is 0 Å². The molecule has 4 heterocycles. The topological polar surface area (TPSA) is 65.8 Å². The first-order valence-corrected chi connectivity index (χ1v) is 12.8. The molecule has 0 saturated carbocycles. The molecule has 2 aliphatic heterocycles. The zero-order valence-electron chi connectivity index (χ0n) is 18.9. The van der Waals surface area contributed by atoms with Gasteiger partial charge in [0.2, 0.25) is 16.0 Å². The molecule has 2 saturated heterocycles. The van der Waals surface area contributed by atoms with Gasteiger partial charge in [-0.05, 0) is 76.0 Å². The van der Waals surface area contributed by atoms with Crippen molar-refractivity contribution in [3.05, 3.63) is 36.3 Å². The Labute approximate surface area is 197 Å². The van der Waals surface area contributed by atoms with Crippen molar-refractivity contribution in [2.45, 2.75) is 38.5 Å². The number of hydrogen-bond donors (Lipinski definition) is 1. The molecule has 0 spiro atoms. The molecular formula is C24H31FN6OS. The number of piperidine rings is 2. The van der Waals surface area contributed by atoms with Gasteiger partial charge in [0.1, 0.15) is 5.82 Å². The second-order valence-electron chi connectivity index (χ2n) is 9.05. The van der Waals surface area contributed by atoms with Gasteiger partial charge in [-0.25, -0.2) is 13.9 Å². The second kappa shape index (κ2) is 10.2. The number of nitrogens with zero attached hydrogens (tertiary/aromatic N) is 5. The highest BCUT2D eigenvalue weighted by Crippen LogP contribution is 2.29. The van der Waals surface area contributed by atoms with Crippen LogP contribution in [-0.2, 0) is 4.79 Å². The minimum atomic E-state index is -0.255. The molecule has 1 N–H and O–H groups in total. The molecule has 0 bridgehead atoms. The first kappa shape index (κ1) is 22.3. The average Bonchev–Trinajstić information content (AvgIpc) is 3.43. The number of nitrogens with one attached hydrogen (secondary N) is 1. The smallest absolute Gasteiger partial charge is 0.223 e. The van der Waals surface area contributed by atoms with Gasteiger partial charge in [-0.2, -0.15) is 0 Å². The Kier molecular flexibility index (Phi) is 6.87. The molecule has 2 fully saturated rings. The van der Waals surface area contributed by atoms with Crippen LogP contribution in [0.1, 0.15) is 38.5 Å². The molecule has 2 aliphatic rings. The molecule has 176 valence electrons. The molecule has 1 aromatic carbocycles. The van der Waals surface area contributed by atoms with E-state index < -0.39 is 0 Å². The molecule has 0 aliphatic carbocycles. The molecule has 33 heavy (non-hydrogen) atoms. The van der Waals surface area contributed by atoms with Gasteiger partial charge in [0.25, 0.3) is 0 Å². The number of likely N-dealkylation sites (tertiary alicyclic amines) is 1. The van der Waals surface area contributed by atoms with Crippen LogP contribution in [0.3, 0.4) is 0 Å². The number of carbonyl (C=O) groups is 1. The zero-order valence-corrected chi connectivity index (χ0v) is 19.7. The normalized spacial score (nSPS) is 18.2. The molecule has 2 aromatic heterocycles. The Morgan fingerprint density at radius 1 is 1.09 bits per heavy atom. The molecule has 0 atom stereocenters. The van der Waals surface area contributed by atoms with Crippen LogP contribution in [-0.4, -0.2) is 64.7 Å². The van der Waals surface area contributed by atoms with Crippen molar-refractivity contribution in [3.8, 4) is 11.3 Å². The van der Waals surface area contributed by atoms with Crippen molar-refractivity contribution in [3.63, 3.8) is 0 Å². The third-order valence-electron chi connectivity index (χ3n) is 6.71. The Bertz CT molecular complexity index is 1040. The van der Waals surface area contributed by atoms with Crippen LogP contribution in [0.25, 0.3) is 16.2 Å². The van der Waals surface area contributed by atoms with E-state index in [4.69, 9.17) is 5.10 Å². The third kappa shape index (κ3) is 5.35. The standard InChI is InChI=1S/C24H31FN6OS/c25-20-7-5-18(6-8-20)21-17-31-23(27-21)33-24(28-31)30-15-9-19(10-16-30)22(32)26-11-4-14-29-12-2-1-3-13-29/h5-8,17,19H,1-4,9-16H2,(H,26,32). The second-order valence-corrected chi connectivity index (χ2v) is 9.99. The Hall–Kier alpha value is -2.52. The summed E-state index contributed by atoms with van der Waals surface area (Å²) < 4.78 is 15.0. The monoisotopic (exact) mass is 470 g/mol. The lowest BCUT2D eigenvalue weighted by atomic mass is 9.96. The van der Waals surface area contributed by atoms with E-state index in [1.54, 1.807) is 28.0 Å². The number of amides is 1. The van der Waals surface area contributed by atoms with E-state index in [-0.39, 0.29) is 17.6 Å². The molecule has 0 radical (unpaired) electrons. The summed E-state index contributed by atoms with van der Waals surface area (Å²) in [7, 11) is 0. The lowest BCUT2D eigenvalue weighted by Crippen LogP contribution is -2.41. The number of benzene rings is 1. The fraction of sp³-hybridized carbons (Fsp3) is 0.542. The molecule has 1 amide bonds. The van der Waals surface area contributed by atoms with Crippen LogP contribution < -0.4 is 10.2 Å². The van der Waals surface area contributed by atoms with Gasteiger partial charge in [-0.3, -0.25) is 4.79 Å². The third-order valence-corrected chi connectivity index (χ3v) is 7.69. The van der Waals surface area contributed by atoms with E-state index in [0.717, 1.165) is 66.8 Å². The van der Waals surface area contributed by atoms with Crippen molar-refractivity contribution in [1.82, 2.24) is 24.8 Å². The van der Waals surface area contributed by atoms with Gasteiger partial charge < -0.3 is 15.1 Å². The number of fused-ring (bicyclic) bond motifs is 1. The molecule has 0 unspecified atom stereocenters. The van der Waals surface area contributed by atoms with Gasteiger partial charge in [-0.1, -0.05) is 17.8 Å². The molecule has 3 aromatic rings. The summed E-state index contributed by atoms with van der Waals surface area (Å²) in [5, 5.41) is 8.78. The predicted octanol–water partition coefficient (Wildman–Crippen LogP) is 3.81. The van der Waals surface area contributed by atoms with Crippen LogP contribution >= 0.6 is 11.3 Å². The minimum Gasteiger partial charge on any atom is -0.356 e. The largest absolute Gasteiger partial charge is 0.356 e. The number of hydrogen-bond acceptors (Lipinski definition) is 6. The number of rotatable bonds is 7. The maximum Gasteiger partial charge on any atom is 0.223 e. The number of halogens is 1. The molecular weight excluding hydrogens is 439 g/mol. The fourth-order valence-electron chi connectivity index (χ4n) is 4.75. The van der Waals surface area contributed by atoms with Crippen LogP contribution in [0, 0.1) is 11.7 Å². The number of anilines is 1. The number of imidazole rings is 1. The summed E-state index contributed by atoms with van der Waals surface area (Å²) in [4.78, 5) is 22.8. The quantitative estimate of drug-likeness (QED) is 0.532. The van der Waals surface area contributed by atoms with E-state index in [1.165, 1.54) is 44.5 Å². The lowest BCUT2D eigenvalue weighted by molar-refractivity contribution is -0.125. The van der Waals surface area contributed by atoms with E-state index in [2.05, 4.69) is 20.1 Å². The van der Waals surface area contributed by atoms with Crippen molar-refractivity contribution >= 4 is 27.3 Å². The summed E-state index contributed by atoms with van der Waals surface area (Å²) in [6, 6.07) is 6.34. The van der Waals surface area contributed by atoms with Crippen molar-refractivity contribution in [1.29, 1.82) is 0 Å². The Balaban J connectivity index is 1.09. The maximum absolute atomic E-state index is 13.2. The lowest BCUT2D eigenvalue weighted by Gasteiger charge is -2.31. The van der Waals surface area contributed by atoms with Gasteiger partial charge in [0.05, 0.1) is 11.9 Å². The Morgan fingerprint density at radius 3 is 2.58 bits per heavy atom. The predicted molar refractivity (Wildman–Crippen MR) is 129 cm³/mol. The zero-order chi connectivity index (χ0) is 22.6. The number of aromatic nitrogens is 3. The molecule has 9 heteroatoms. The van der Waals surface area contributed by atoms with E-state index >= 15 is 0 Å². The summed E-state index contributed by atoms with van der Waals surface area (Å²) in [5.41, 5.74) is 1.66. The minimum absolute atomic E-state index is 0.0883. The first-order valence-electron chi connectivity index (χ1n) is 12.0. The fourth-order valence-corrected chi connectivity index (χ4v) is 5.69. The van der Waals surface area contributed by atoms with Crippen LogP contribution in [0.5, 0.6) is 0 Å². The maximum atomic E-state index is 13.2. The van der Waals surface area contributed by atoms with Crippen molar-refractivity contribution in [2.24, 2.45) is 5.92 Å². The van der Waals surface area contributed by atoms with Gasteiger partial charge >= 0.3 is 0 Å². The average molecular weight is 471 g/mol. The van der Waals surface area contributed by atoms with E-state index in [1.807, 2.05) is 6.20 Å². The van der Waals surface area contributed by atoms with Crippen molar-refractivity contribution in [2.75, 3.05) is 44.2 Å². The number of carbonyl (C=O) groups excluding carboxylic acids is 1. The highest BCUT2D eigenvalue weighted by molar-refractivity contribution is 7.20. The SMILES string of the molecule is O=C(NCCCN1CCCCC1)C1CCN(c2nn3cc(-c4ccc(F)cc4)nc3s2)CC1. The van der Waals surface area contributed by atoms with Gasteiger partial charge in [0, 0.05) is 31.1 Å². The van der Waals surface area contributed by atoms with Crippen molar-refractivity contribution < 1.29 is 9.18 Å². The van der Waals surface area contributed by atoms with Gasteiger partial charge in [0.15, 0.2) is 0 Å². The van der Waals surface area contributed by atoms with Gasteiger partial charge in [-0.15, -0.1) is 5.10 Å². The van der Waals surface area contributed by atoms with E-state index in [9.17, 15) is 9.18 Å².